The van der Waals surface area contributed by atoms with Crippen molar-refractivity contribution < 1.29 is 28.6 Å². The van der Waals surface area contributed by atoms with E-state index in [1.807, 2.05) is 38.1 Å². The van der Waals surface area contributed by atoms with Crippen LogP contribution in [-0.2, 0) is 19.0 Å². The molecule has 1 aliphatic heterocycles. The molecule has 5 rings (SSSR count). The second kappa shape index (κ2) is 11.4. The first-order valence-electron chi connectivity index (χ1n) is 12.5. The van der Waals surface area contributed by atoms with Crippen molar-refractivity contribution in [3.05, 3.63) is 82.3 Å². The molecule has 12 heteroatoms. The summed E-state index contributed by atoms with van der Waals surface area (Å²) in [6.45, 7) is 5.01. The summed E-state index contributed by atoms with van der Waals surface area (Å²) in [5, 5.41) is 2.56. The van der Waals surface area contributed by atoms with E-state index in [9.17, 15) is 14.4 Å². The molecule has 3 atom stereocenters. The van der Waals surface area contributed by atoms with Crippen LogP contribution in [-0.4, -0.2) is 56.2 Å². The predicted molar refractivity (Wildman–Crippen MR) is 145 cm³/mol. The number of fused-ring (bicyclic) bond motifs is 1. The molecule has 2 aromatic heterocycles. The van der Waals surface area contributed by atoms with E-state index in [0.29, 0.717) is 22.3 Å². The monoisotopic (exact) mass is 563 g/mol. The van der Waals surface area contributed by atoms with E-state index < -0.39 is 30.4 Å². The van der Waals surface area contributed by atoms with E-state index >= 15 is 0 Å². The molecule has 1 N–H and O–H groups in total. The zero-order valence-corrected chi connectivity index (χ0v) is 22.7. The number of hydrogen-bond donors (Lipinski definition) is 1. The standard InChI is InChI=1S/C28H26ClN5O6/c1-15-4-8-18(9-5-15)26(36)38-13-21-20(40-27(37)19-10-6-16(2)7-11-19)12-22(39-21)34-14-30-23-24(29)32-28(31-17(3)35)33-25(23)34/h4-11,14,20-22H,12-13H2,1-3H3,(H,31,32,33,35)/t20-,21-,22-/m1/s1. The third kappa shape index (κ3) is 5.95. The third-order valence-corrected chi connectivity index (χ3v) is 6.63. The number of aryl methyl sites for hydroxylation is 2. The van der Waals surface area contributed by atoms with Gasteiger partial charge in [0.05, 0.1) is 17.5 Å². The zero-order chi connectivity index (χ0) is 28.4. The van der Waals surface area contributed by atoms with Gasteiger partial charge in [0, 0.05) is 13.3 Å². The number of ether oxygens (including phenoxy) is 3. The Hall–Kier alpha value is -4.35. The van der Waals surface area contributed by atoms with Crippen LogP contribution in [0.15, 0.2) is 54.9 Å². The van der Waals surface area contributed by atoms with E-state index in [2.05, 4.69) is 20.3 Å². The molecular weight excluding hydrogens is 538 g/mol. The van der Waals surface area contributed by atoms with Crippen molar-refractivity contribution in [2.24, 2.45) is 0 Å². The molecule has 3 heterocycles. The number of nitrogens with one attached hydrogen (secondary N) is 1. The van der Waals surface area contributed by atoms with Gasteiger partial charge in [-0.1, -0.05) is 47.0 Å². The SMILES string of the molecule is CC(=O)Nc1nc(Cl)c2ncn([C@H]3C[C@@H](OC(=O)c4ccc(C)cc4)[C@@H](COC(=O)c4ccc(C)cc4)O3)c2n1. The number of halogens is 1. The molecule has 0 bridgehead atoms. The van der Waals surface area contributed by atoms with Gasteiger partial charge in [-0.3, -0.25) is 14.7 Å². The molecule has 1 aliphatic rings. The molecule has 11 nitrogen and oxygen atoms in total. The largest absolute Gasteiger partial charge is 0.459 e. The maximum atomic E-state index is 13.0. The predicted octanol–water partition coefficient (Wildman–Crippen LogP) is 4.43. The van der Waals surface area contributed by atoms with Crippen molar-refractivity contribution in [3.8, 4) is 0 Å². The Morgan fingerprint density at radius 2 is 1.62 bits per heavy atom. The normalized spacial score (nSPS) is 18.4. The quantitative estimate of drug-likeness (QED) is 0.256. The number of benzene rings is 2. The highest BCUT2D eigenvalue weighted by Crippen LogP contribution is 2.34. The molecule has 1 fully saturated rings. The minimum absolute atomic E-state index is 0.00988. The first-order chi connectivity index (χ1) is 19.2. The molecule has 0 radical (unpaired) electrons. The Morgan fingerprint density at radius 1 is 1.00 bits per heavy atom. The number of nitrogens with zero attached hydrogens (tertiary/aromatic N) is 4. The number of hydrogen-bond acceptors (Lipinski definition) is 9. The second-order valence-corrected chi connectivity index (χ2v) is 9.84. The summed E-state index contributed by atoms with van der Waals surface area (Å²) >= 11 is 6.28. The number of anilines is 1. The molecule has 40 heavy (non-hydrogen) atoms. The summed E-state index contributed by atoms with van der Waals surface area (Å²) in [5.74, 6) is -1.41. The van der Waals surface area contributed by atoms with Crippen LogP contribution in [0.4, 0.5) is 5.95 Å². The average molecular weight is 564 g/mol. The van der Waals surface area contributed by atoms with Crippen LogP contribution in [0.3, 0.4) is 0 Å². The highest BCUT2D eigenvalue weighted by Gasteiger charge is 2.41. The fourth-order valence-electron chi connectivity index (χ4n) is 4.28. The Labute approximate surface area is 234 Å². The van der Waals surface area contributed by atoms with Gasteiger partial charge in [-0.25, -0.2) is 14.6 Å². The Balaban J connectivity index is 1.39. The van der Waals surface area contributed by atoms with Crippen LogP contribution in [0, 0.1) is 13.8 Å². The Morgan fingerprint density at radius 3 is 2.25 bits per heavy atom. The van der Waals surface area contributed by atoms with Gasteiger partial charge in [-0.2, -0.15) is 9.97 Å². The van der Waals surface area contributed by atoms with E-state index in [4.69, 9.17) is 25.8 Å². The summed E-state index contributed by atoms with van der Waals surface area (Å²) in [6, 6.07) is 14.0. The highest BCUT2D eigenvalue weighted by molar-refractivity contribution is 6.33. The van der Waals surface area contributed by atoms with Crippen LogP contribution in [0.25, 0.3) is 11.2 Å². The number of carbonyl (C=O) groups excluding carboxylic acids is 3. The van der Waals surface area contributed by atoms with Crippen LogP contribution in [0.1, 0.15) is 51.4 Å². The van der Waals surface area contributed by atoms with Crippen molar-refractivity contribution in [1.82, 2.24) is 19.5 Å². The van der Waals surface area contributed by atoms with Crippen molar-refractivity contribution in [3.63, 3.8) is 0 Å². The average Bonchev–Trinajstić information content (AvgIpc) is 3.52. The Bertz CT molecular complexity index is 1570. The minimum atomic E-state index is -0.779. The fraction of sp³-hybridized carbons (Fsp3) is 0.286. The molecule has 2 aromatic carbocycles. The number of aromatic nitrogens is 4. The number of imidazole rings is 1. The lowest BCUT2D eigenvalue weighted by Gasteiger charge is -2.19. The van der Waals surface area contributed by atoms with Gasteiger partial charge in [0.15, 0.2) is 10.8 Å². The van der Waals surface area contributed by atoms with Crippen molar-refractivity contribution in [2.45, 2.75) is 45.6 Å². The molecule has 206 valence electrons. The molecule has 0 spiro atoms. The van der Waals surface area contributed by atoms with Crippen LogP contribution < -0.4 is 5.32 Å². The van der Waals surface area contributed by atoms with Gasteiger partial charge in [0.25, 0.3) is 0 Å². The van der Waals surface area contributed by atoms with Gasteiger partial charge in [0.2, 0.25) is 11.9 Å². The fourth-order valence-corrected chi connectivity index (χ4v) is 4.49. The van der Waals surface area contributed by atoms with Gasteiger partial charge < -0.3 is 14.2 Å². The number of amides is 1. The van der Waals surface area contributed by atoms with Crippen molar-refractivity contribution in [1.29, 1.82) is 0 Å². The van der Waals surface area contributed by atoms with E-state index in [1.165, 1.54) is 13.3 Å². The van der Waals surface area contributed by atoms with E-state index in [-0.39, 0.29) is 30.0 Å². The van der Waals surface area contributed by atoms with Gasteiger partial charge >= 0.3 is 11.9 Å². The van der Waals surface area contributed by atoms with E-state index in [1.54, 1.807) is 28.8 Å². The maximum Gasteiger partial charge on any atom is 0.338 e. The lowest BCUT2D eigenvalue weighted by atomic mass is 10.1. The molecule has 1 saturated heterocycles. The molecule has 0 unspecified atom stereocenters. The van der Waals surface area contributed by atoms with Gasteiger partial charge in [-0.05, 0) is 38.1 Å². The first kappa shape index (κ1) is 27.2. The molecular formula is C28H26ClN5O6. The first-order valence-corrected chi connectivity index (χ1v) is 12.9. The van der Waals surface area contributed by atoms with E-state index in [0.717, 1.165) is 11.1 Å². The topological polar surface area (TPSA) is 135 Å². The molecule has 0 saturated carbocycles. The number of rotatable bonds is 7. The zero-order valence-electron chi connectivity index (χ0n) is 22.0. The number of carbonyl (C=O) groups is 3. The number of esters is 2. The third-order valence-electron chi connectivity index (χ3n) is 6.37. The lowest BCUT2D eigenvalue weighted by Crippen LogP contribution is -2.32. The summed E-state index contributed by atoms with van der Waals surface area (Å²) in [7, 11) is 0. The van der Waals surface area contributed by atoms with Crippen LogP contribution in [0.5, 0.6) is 0 Å². The summed E-state index contributed by atoms with van der Waals surface area (Å²) in [4.78, 5) is 49.9. The Kier molecular flexibility index (Phi) is 7.76. The van der Waals surface area contributed by atoms with Gasteiger partial charge in [-0.15, -0.1) is 0 Å². The summed E-state index contributed by atoms with van der Waals surface area (Å²) in [5.41, 5.74) is 3.42. The van der Waals surface area contributed by atoms with Gasteiger partial charge in [0.1, 0.15) is 30.6 Å². The lowest BCUT2D eigenvalue weighted by molar-refractivity contribution is -0.114. The molecule has 1 amide bonds. The summed E-state index contributed by atoms with van der Waals surface area (Å²) in [6.07, 6.45) is -0.535. The highest BCUT2D eigenvalue weighted by atomic mass is 35.5. The minimum Gasteiger partial charge on any atom is -0.459 e. The molecule has 4 aromatic rings. The molecule has 0 aliphatic carbocycles. The second-order valence-electron chi connectivity index (χ2n) is 9.48. The van der Waals surface area contributed by atoms with Crippen molar-refractivity contribution in [2.75, 3.05) is 11.9 Å². The van der Waals surface area contributed by atoms with Crippen LogP contribution in [0.2, 0.25) is 5.15 Å². The maximum absolute atomic E-state index is 13.0. The van der Waals surface area contributed by atoms with Crippen LogP contribution >= 0.6 is 11.6 Å². The summed E-state index contributed by atoms with van der Waals surface area (Å²) < 4.78 is 19.2. The van der Waals surface area contributed by atoms with Crippen molar-refractivity contribution >= 4 is 46.6 Å². The smallest absolute Gasteiger partial charge is 0.338 e.